The summed E-state index contributed by atoms with van der Waals surface area (Å²) in [6, 6.07) is 28.7. The van der Waals surface area contributed by atoms with Crippen molar-refractivity contribution in [3.63, 3.8) is 0 Å². The molecule has 0 aromatic heterocycles. The molecule has 0 heterocycles. The molecule has 0 radical (unpaired) electrons. The molecule has 0 saturated heterocycles. The van der Waals surface area contributed by atoms with Crippen molar-refractivity contribution in [1.29, 1.82) is 0 Å². The quantitative estimate of drug-likeness (QED) is 0.0407. The first-order chi connectivity index (χ1) is 21.8. The van der Waals surface area contributed by atoms with Crippen LogP contribution in [0.1, 0.15) is 15.9 Å². The summed E-state index contributed by atoms with van der Waals surface area (Å²) in [6.45, 7) is 0. The Labute approximate surface area is 264 Å². The average Bonchev–Trinajstić information content (AvgIpc) is 3.05. The molecule has 0 aliphatic heterocycles. The number of rotatable bonds is 8. The van der Waals surface area contributed by atoms with E-state index >= 15 is 0 Å². The summed E-state index contributed by atoms with van der Waals surface area (Å²) in [5.74, 6) is -9.60. The van der Waals surface area contributed by atoms with Gasteiger partial charge in [-0.05, 0) is 60.7 Å². The normalized spacial score (nSPS) is 11.8. The number of ketones is 1. The van der Waals surface area contributed by atoms with Gasteiger partial charge in [0.05, 0.1) is 7.11 Å². The highest BCUT2D eigenvalue weighted by Crippen LogP contribution is 2.39. The molecule has 5 aromatic rings. The number of benzene rings is 5. The molecule has 2 nitrogen and oxygen atoms in total. The summed E-state index contributed by atoms with van der Waals surface area (Å²) in [4.78, 5) is 14.1. The molecule has 1 unspecified atom stereocenters. The number of hydrogen-bond acceptors (Lipinski definition) is 3. The molecule has 0 spiro atoms. The SMILES string of the molecule is COc1ccc([S+](c2ccc(Sc3cccc(C(=O)c4ccccc4)c3)cc2)c2c(F)c(F)c(F)c(F)c2F)cc1.F[B-](F)(F)F. The Bertz CT molecular complexity index is 1780. The summed E-state index contributed by atoms with van der Waals surface area (Å²) in [5.41, 5.74) is 1.09. The van der Waals surface area contributed by atoms with Crippen molar-refractivity contribution in [3.05, 3.63) is 143 Å². The molecule has 0 fully saturated rings. The van der Waals surface area contributed by atoms with E-state index in [4.69, 9.17) is 4.74 Å². The zero-order valence-electron chi connectivity index (χ0n) is 23.4. The minimum absolute atomic E-state index is 0.116. The number of ether oxygens (including phenoxy) is 1. The molecule has 0 bridgehead atoms. The fraction of sp³-hybridized carbons (Fsp3) is 0.0312. The third kappa shape index (κ3) is 8.49. The first-order valence-electron chi connectivity index (χ1n) is 13.0. The van der Waals surface area contributed by atoms with Crippen LogP contribution in [0.25, 0.3) is 0 Å². The van der Waals surface area contributed by atoms with Gasteiger partial charge in [-0.3, -0.25) is 4.79 Å². The highest BCUT2D eigenvalue weighted by molar-refractivity contribution is 7.99. The molecular weight excluding hydrogens is 662 g/mol. The van der Waals surface area contributed by atoms with E-state index in [-0.39, 0.29) is 5.78 Å². The second kappa shape index (κ2) is 14.9. The molecule has 46 heavy (non-hydrogen) atoms. The van der Waals surface area contributed by atoms with E-state index in [2.05, 4.69) is 0 Å². The molecule has 0 aliphatic rings. The Morgan fingerprint density at radius 1 is 0.609 bits per heavy atom. The van der Waals surface area contributed by atoms with Crippen LogP contribution in [0.4, 0.5) is 39.2 Å². The van der Waals surface area contributed by atoms with Gasteiger partial charge in [-0.15, -0.1) is 0 Å². The Balaban J connectivity index is 0.000000892. The van der Waals surface area contributed by atoms with Gasteiger partial charge in [-0.1, -0.05) is 54.2 Å². The summed E-state index contributed by atoms with van der Waals surface area (Å²) in [7, 11) is -6.22. The molecule has 0 aliphatic carbocycles. The predicted octanol–water partition coefficient (Wildman–Crippen LogP) is 10.2. The minimum Gasteiger partial charge on any atom is -0.497 e. The van der Waals surface area contributed by atoms with Crippen LogP contribution in [-0.2, 0) is 10.9 Å². The van der Waals surface area contributed by atoms with E-state index in [9.17, 15) is 44.0 Å². The predicted molar refractivity (Wildman–Crippen MR) is 158 cm³/mol. The van der Waals surface area contributed by atoms with Crippen molar-refractivity contribution in [2.45, 2.75) is 24.5 Å². The lowest BCUT2D eigenvalue weighted by Crippen LogP contribution is -2.14. The summed E-state index contributed by atoms with van der Waals surface area (Å²) < 4.78 is 116. The monoisotopic (exact) mass is 682 g/mol. The molecule has 0 N–H and O–H groups in total. The molecule has 0 amide bonds. The van der Waals surface area contributed by atoms with Gasteiger partial charge in [0.25, 0.3) is 0 Å². The van der Waals surface area contributed by atoms with Crippen molar-refractivity contribution in [2.75, 3.05) is 7.11 Å². The molecule has 5 rings (SSSR count). The molecule has 238 valence electrons. The largest absolute Gasteiger partial charge is 0.673 e. The maximum atomic E-state index is 15.0. The van der Waals surface area contributed by atoms with Crippen molar-refractivity contribution in [3.8, 4) is 5.75 Å². The lowest BCUT2D eigenvalue weighted by molar-refractivity contribution is 0.103. The van der Waals surface area contributed by atoms with Crippen molar-refractivity contribution >= 4 is 35.7 Å². The molecule has 0 saturated carbocycles. The van der Waals surface area contributed by atoms with Gasteiger partial charge in [0.1, 0.15) is 16.6 Å². The first kappa shape index (κ1) is 34.6. The van der Waals surface area contributed by atoms with E-state index in [0.29, 0.717) is 26.7 Å². The van der Waals surface area contributed by atoms with E-state index in [0.717, 1.165) is 9.79 Å². The van der Waals surface area contributed by atoms with Crippen LogP contribution in [0, 0.1) is 29.1 Å². The fourth-order valence-corrected chi connectivity index (χ4v) is 7.06. The Hall–Kier alpha value is -4.30. The Morgan fingerprint density at radius 3 is 1.61 bits per heavy atom. The zero-order chi connectivity index (χ0) is 33.6. The summed E-state index contributed by atoms with van der Waals surface area (Å²) >= 11 is 1.36. The lowest BCUT2D eigenvalue weighted by Gasteiger charge is -2.12. The van der Waals surface area contributed by atoms with E-state index in [1.165, 1.54) is 31.0 Å². The van der Waals surface area contributed by atoms with Crippen LogP contribution in [0.15, 0.2) is 128 Å². The lowest BCUT2D eigenvalue weighted by atomic mass is 10.0. The third-order valence-corrected chi connectivity index (χ3v) is 9.35. The van der Waals surface area contributed by atoms with Gasteiger partial charge in [-0.25, -0.2) is 13.2 Å². The number of carbonyl (C=O) groups is 1. The Morgan fingerprint density at radius 2 is 1.09 bits per heavy atom. The second-order valence-corrected chi connectivity index (χ2v) is 12.3. The second-order valence-electron chi connectivity index (χ2n) is 9.17. The van der Waals surface area contributed by atoms with E-state index in [1.54, 1.807) is 78.9 Å². The van der Waals surface area contributed by atoms with Gasteiger partial charge in [0.2, 0.25) is 34.0 Å². The highest BCUT2D eigenvalue weighted by Gasteiger charge is 2.41. The van der Waals surface area contributed by atoms with E-state index < -0.39 is 52.1 Å². The third-order valence-electron chi connectivity index (χ3n) is 6.10. The van der Waals surface area contributed by atoms with Gasteiger partial charge in [0, 0.05) is 20.9 Å². The standard InChI is InChI=1S/C32H20F5O2S2.BF4/c1-39-21-10-14-24(15-11-21)41(32-29(36)27(34)26(33)28(35)30(32)37)25-16-12-22(13-17-25)40-23-9-5-8-20(18-23)31(38)19-6-3-2-4-7-19;2-1(3,4)5/h2-18H,1H3;/q+1;-1. The summed E-state index contributed by atoms with van der Waals surface area (Å²) in [6.07, 6.45) is 0. The Kier molecular flexibility index (Phi) is 11.2. The minimum atomic E-state index is -6.00. The van der Waals surface area contributed by atoms with Crippen molar-refractivity contribution < 1.29 is 48.7 Å². The van der Waals surface area contributed by atoms with Gasteiger partial charge < -0.3 is 22.0 Å². The van der Waals surface area contributed by atoms with Gasteiger partial charge in [0.15, 0.2) is 15.6 Å². The molecule has 14 heteroatoms. The summed E-state index contributed by atoms with van der Waals surface area (Å²) in [5, 5.41) is 0. The van der Waals surface area contributed by atoms with Gasteiger partial charge >= 0.3 is 7.25 Å². The van der Waals surface area contributed by atoms with Crippen LogP contribution in [0.3, 0.4) is 0 Å². The molecule has 1 atom stereocenters. The maximum absolute atomic E-state index is 15.0. The smallest absolute Gasteiger partial charge is 0.497 e. The highest BCUT2D eigenvalue weighted by atomic mass is 32.2. The topological polar surface area (TPSA) is 26.3 Å². The number of halogens is 9. The van der Waals surface area contributed by atoms with E-state index in [1.807, 2.05) is 12.1 Å². The maximum Gasteiger partial charge on any atom is 0.673 e. The van der Waals surface area contributed by atoms with Gasteiger partial charge in [-0.2, -0.15) is 8.78 Å². The molecule has 5 aromatic carbocycles. The fourth-order valence-electron chi connectivity index (χ4n) is 4.08. The number of methoxy groups -OCH3 is 1. The van der Waals surface area contributed by atoms with Crippen LogP contribution in [0.5, 0.6) is 5.75 Å². The zero-order valence-corrected chi connectivity index (χ0v) is 25.1. The van der Waals surface area contributed by atoms with Crippen LogP contribution in [0.2, 0.25) is 0 Å². The number of hydrogen-bond donors (Lipinski definition) is 0. The van der Waals surface area contributed by atoms with Crippen LogP contribution >= 0.6 is 11.8 Å². The van der Waals surface area contributed by atoms with Crippen molar-refractivity contribution in [2.24, 2.45) is 0 Å². The van der Waals surface area contributed by atoms with Crippen molar-refractivity contribution in [1.82, 2.24) is 0 Å². The van der Waals surface area contributed by atoms with Crippen LogP contribution < -0.4 is 4.74 Å². The first-order valence-corrected chi connectivity index (χ1v) is 15.1. The average molecular weight is 682 g/mol. The number of carbonyl (C=O) groups excluding carboxylic acids is 1. The molecular formula is C32H20BF9O2S2. The van der Waals surface area contributed by atoms with Crippen LogP contribution in [-0.4, -0.2) is 20.1 Å².